The Morgan fingerprint density at radius 2 is 2.05 bits per heavy atom. The van der Waals surface area contributed by atoms with E-state index in [2.05, 4.69) is 52.1 Å². The molecular formula is C17H22N4. The highest BCUT2D eigenvalue weighted by molar-refractivity contribution is 5.46. The van der Waals surface area contributed by atoms with Gasteiger partial charge in [0.25, 0.3) is 0 Å². The van der Waals surface area contributed by atoms with Gasteiger partial charge in [0.05, 0.1) is 0 Å². The summed E-state index contributed by atoms with van der Waals surface area (Å²) in [6.45, 7) is 3.68. The van der Waals surface area contributed by atoms with Crippen molar-refractivity contribution in [1.29, 1.82) is 0 Å². The Morgan fingerprint density at radius 1 is 1.24 bits per heavy atom. The van der Waals surface area contributed by atoms with Crippen LogP contribution in [0.15, 0.2) is 36.7 Å². The second kappa shape index (κ2) is 6.22. The quantitative estimate of drug-likeness (QED) is 0.935. The number of rotatable bonds is 4. The molecular weight excluding hydrogens is 260 g/mol. The summed E-state index contributed by atoms with van der Waals surface area (Å²) in [6, 6.07) is 11.0. The van der Waals surface area contributed by atoms with Crippen LogP contribution in [0.2, 0.25) is 0 Å². The molecule has 1 aromatic carbocycles. The maximum atomic E-state index is 6.00. The van der Waals surface area contributed by atoms with Crippen LogP contribution in [-0.2, 0) is 19.4 Å². The second-order valence-electron chi connectivity index (χ2n) is 5.61. The molecule has 0 bridgehead atoms. The molecule has 0 saturated heterocycles. The lowest BCUT2D eigenvalue weighted by atomic mass is 9.94. The standard InChI is InChI=1S/C17H22N4/c1-2-5-15-9-17(20-12-19-15)21-11-14-7-4-3-6-13(14)8-16(21)10-18/h3-4,6-7,9,12,16H,2,5,8,10-11,18H2,1H3. The smallest absolute Gasteiger partial charge is 0.132 e. The van der Waals surface area contributed by atoms with Crippen LogP contribution in [0.3, 0.4) is 0 Å². The first-order chi connectivity index (χ1) is 10.3. The molecule has 1 aliphatic heterocycles. The minimum atomic E-state index is 0.310. The molecule has 1 aromatic heterocycles. The Labute approximate surface area is 126 Å². The van der Waals surface area contributed by atoms with E-state index in [0.29, 0.717) is 12.6 Å². The Kier molecular flexibility index (Phi) is 4.15. The van der Waals surface area contributed by atoms with Gasteiger partial charge in [0, 0.05) is 30.9 Å². The predicted octanol–water partition coefficient (Wildman–Crippen LogP) is 2.32. The molecule has 2 N–H and O–H groups in total. The Hall–Kier alpha value is -1.94. The molecule has 0 radical (unpaired) electrons. The summed E-state index contributed by atoms with van der Waals surface area (Å²) < 4.78 is 0. The van der Waals surface area contributed by atoms with Crippen molar-refractivity contribution in [2.45, 2.75) is 38.8 Å². The Bertz CT molecular complexity index is 611. The first-order valence-electron chi connectivity index (χ1n) is 7.66. The van der Waals surface area contributed by atoms with Gasteiger partial charge in [-0.2, -0.15) is 0 Å². The molecule has 4 heteroatoms. The molecule has 0 aliphatic carbocycles. The van der Waals surface area contributed by atoms with Crippen LogP contribution in [0.1, 0.15) is 30.2 Å². The van der Waals surface area contributed by atoms with Gasteiger partial charge in [-0.1, -0.05) is 37.6 Å². The molecule has 110 valence electrons. The average molecular weight is 282 g/mol. The first kappa shape index (κ1) is 14.0. The fourth-order valence-corrected chi connectivity index (χ4v) is 3.00. The zero-order chi connectivity index (χ0) is 14.7. The largest absolute Gasteiger partial charge is 0.348 e. The van der Waals surface area contributed by atoms with E-state index < -0.39 is 0 Å². The number of aromatic nitrogens is 2. The molecule has 2 heterocycles. The van der Waals surface area contributed by atoms with Gasteiger partial charge in [0.2, 0.25) is 0 Å². The summed E-state index contributed by atoms with van der Waals surface area (Å²) in [4.78, 5) is 11.1. The van der Waals surface area contributed by atoms with Crippen LogP contribution in [0, 0.1) is 0 Å². The normalized spacial score (nSPS) is 17.6. The summed E-state index contributed by atoms with van der Waals surface area (Å²) in [5.41, 5.74) is 9.89. The number of fused-ring (bicyclic) bond motifs is 1. The van der Waals surface area contributed by atoms with E-state index in [1.54, 1.807) is 6.33 Å². The van der Waals surface area contributed by atoms with Crippen LogP contribution in [0.4, 0.5) is 5.82 Å². The summed E-state index contributed by atoms with van der Waals surface area (Å²) in [5.74, 6) is 0.999. The maximum absolute atomic E-state index is 6.00. The van der Waals surface area contributed by atoms with Crippen molar-refractivity contribution in [2.75, 3.05) is 11.4 Å². The van der Waals surface area contributed by atoms with E-state index >= 15 is 0 Å². The zero-order valence-electron chi connectivity index (χ0n) is 12.5. The third kappa shape index (κ3) is 2.90. The van der Waals surface area contributed by atoms with E-state index in [1.165, 1.54) is 11.1 Å². The minimum Gasteiger partial charge on any atom is -0.348 e. The topological polar surface area (TPSA) is 55.0 Å². The number of anilines is 1. The lowest BCUT2D eigenvalue weighted by Gasteiger charge is -2.37. The highest BCUT2D eigenvalue weighted by Gasteiger charge is 2.26. The van der Waals surface area contributed by atoms with Crippen LogP contribution < -0.4 is 10.6 Å². The number of hydrogen-bond acceptors (Lipinski definition) is 4. The highest BCUT2D eigenvalue weighted by atomic mass is 15.2. The van der Waals surface area contributed by atoms with Gasteiger partial charge in [-0.25, -0.2) is 9.97 Å². The fraction of sp³-hybridized carbons (Fsp3) is 0.412. The van der Waals surface area contributed by atoms with Crippen molar-refractivity contribution < 1.29 is 0 Å². The number of aryl methyl sites for hydroxylation is 1. The van der Waals surface area contributed by atoms with Crippen molar-refractivity contribution in [3.05, 3.63) is 53.5 Å². The molecule has 0 fully saturated rings. The molecule has 1 unspecified atom stereocenters. The average Bonchev–Trinajstić information content (AvgIpc) is 2.54. The molecule has 1 aliphatic rings. The minimum absolute atomic E-state index is 0.310. The van der Waals surface area contributed by atoms with Crippen molar-refractivity contribution in [3.63, 3.8) is 0 Å². The first-order valence-corrected chi connectivity index (χ1v) is 7.66. The van der Waals surface area contributed by atoms with Gasteiger partial charge in [-0.3, -0.25) is 0 Å². The summed E-state index contributed by atoms with van der Waals surface area (Å²) >= 11 is 0. The number of hydrogen-bond donors (Lipinski definition) is 1. The molecule has 3 rings (SSSR count). The van der Waals surface area contributed by atoms with E-state index in [-0.39, 0.29) is 0 Å². The Morgan fingerprint density at radius 3 is 2.81 bits per heavy atom. The predicted molar refractivity (Wildman–Crippen MR) is 85.2 cm³/mol. The third-order valence-corrected chi connectivity index (χ3v) is 4.14. The molecule has 0 amide bonds. The molecule has 0 saturated carbocycles. The van der Waals surface area contributed by atoms with Crippen molar-refractivity contribution >= 4 is 5.82 Å². The van der Waals surface area contributed by atoms with E-state index in [0.717, 1.165) is 37.3 Å². The number of nitrogens with two attached hydrogens (primary N) is 1. The highest BCUT2D eigenvalue weighted by Crippen LogP contribution is 2.27. The van der Waals surface area contributed by atoms with Gasteiger partial charge in [0.15, 0.2) is 0 Å². The van der Waals surface area contributed by atoms with Crippen molar-refractivity contribution in [2.24, 2.45) is 5.73 Å². The van der Waals surface area contributed by atoms with Crippen molar-refractivity contribution in [3.8, 4) is 0 Å². The summed E-state index contributed by atoms with van der Waals surface area (Å²) in [5, 5.41) is 0. The van der Waals surface area contributed by atoms with Crippen molar-refractivity contribution in [1.82, 2.24) is 9.97 Å². The SMILES string of the molecule is CCCc1cc(N2Cc3ccccc3CC2CN)ncn1. The molecule has 4 nitrogen and oxygen atoms in total. The van der Waals surface area contributed by atoms with E-state index in [1.807, 2.05) is 0 Å². The number of nitrogens with zero attached hydrogens (tertiary/aromatic N) is 3. The van der Waals surface area contributed by atoms with Gasteiger partial charge in [0.1, 0.15) is 12.1 Å². The molecule has 0 spiro atoms. The van der Waals surface area contributed by atoms with Crippen LogP contribution in [0.5, 0.6) is 0 Å². The number of benzene rings is 1. The van der Waals surface area contributed by atoms with Crippen LogP contribution in [0.25, 0.3) is 0 Å². The Balaban J connectivity index is 1.92. The van der Waals surface area contributed by atoms with Crippen LogP contribution >= 0.6 is 0 Å². The molecule has 1 atom stereocenters. The van der Waals surface area contributed by atoms with Gasteiger partial charge in [-0.15, -0.1) is 0 Å². The summed E-state index contributed by atoms with van der Waals surface area (Å²) in [6.07, 6.45) is 4.75. The van der Waals surface area contributed by atoms with Gasteiger partial charge in [-0.05, 0) is 24.0 Å². The van der Waals surface area contributed by atoms with Gasteiger partial charge < -0.3 is 10.6 Å². The fourth-order valence-electron chi connectivity index (χ4n) is 3.00. The monoisotopic (exact) mass is 282 g/mol. The third-order valence-electron chi connectivity index (χ3n) is 4.14. The lowest BCUT2D eigenvalue weighted by molar-refractivity contribution is 0.554. The van der Waals surface area contributed by atoms with E-state index in [9.17, 15) is 0 Å². The molecule has 2 aromatic rings. The maximum Gasteiger partial charge on any atom is 0.132 e. The second-order valence-corrected chi connectivity index (χ2v) is 5.61. The zero-order valence-corrected chi connectivity index (χ0v) is 12.5. The molecule has 21 heavy (non-hydrogen) atoms. The van der Waals surface area contributed by atoms with Gasteiger partial charge >= 0.3 is 0 Å². The van der Waals surface area contributed by atoms with Crippen LogP contribution in [-0.4, -0.2) is 22.6 Å². The lowest BCUT2D eigenvalue weighted by Crippen LogP contribution is -2.45. The summed E-state index contributed by atoms with van der Waals surface area (Å²) in [7, 11) is 0. The van der Waals surface area contributed by atoms with E-state index in [4.69, 9.17) is 5.73 Å².